The van der Waals surface area contributed by atoms with Crippen LogP contribution >= 0.6 is 39.1 Å². The van der Waals surface area contributed by atoms with Crippen LogP contribution in [0.1, 0.15) is 17.2 Å². The summed E-state index contributed by atoms with van der Waals surface area (Å²) in [5.74, 6) is 0. The van der Waals surface area contributed by atoms with Crippen LogP contribution in [0.2, 0.25) is 10.0 Å². The van der Waals surface area contributed by atoms with Crippen molar-refractivity contribution in [1.29, 1.82) is 0 Å². The molecule has 2 aromatic carbocycles. The van der Waals surface area contributed by atoms with Crippen molar-refractivity contribution in [3.8, 4) is 0 Å². The summed E-state index contributed by atoms with van der Waals surface area (Å²) >= 11 is 16.1. The van der Waals surface area contributed by atoms with Crippen LogP contribution in [0, 0.1) is 0 Å². The smallest absolute Gasteiger partial charge is 0.0468 e. The van der Waals surface area contributed by atoms with Crippen LogP contribution in [0.4, 0.5) is 0 Å². The quantitative estimate of drug-likeness (QED) is 0.786. The average Bonchev–Trinajstić information content (AvgIpc) is 2.39. The largest absolute Gasteiger partial charge is 0.313 e. The topological polar surface area (TPSA) is 12.0 Å². The summed E-state index contributed by atoms with van der Waals surface area (Å²) in [6.45, 7) is 0. The number of likely N-dealkylation sites (N-methyl/N-ethyl adjacent to an activating group) is 1. The number of hydrogen-bond donors (Lipinski definition) is 1. The molecule has 0 fully saturated rings. The first-order valence-corrected chi connectivity index (χ1v) is 7.53. The van der Waals surface area contributed by atoms with E-state index in [9.17, 15) is 0 Å². The van der Waals surface area contributed by atoms with Crippen molar-refractivity contribution in [2.45, 2.75) is 12.5 Å². The first-order chi connectivity index (χ1) is 9.13. The fourth-order valence-corrected chi connectivity index (χ4v) is 3.18. The van der Waals surface area contributed by atoms with Gasteiger partial charge in [-0.2, -0.15) is 0 Å². The second-order valence-corrected chi connectivity index (χ2v) is 5.94. The summed E-state index contributed by atoms with van der Waals surface area (Å²) < 4.78 is 1.10. The minimum absolute atomic E-state index is 0.0832. The highest BCUT2D eigenvalue weighted by molar-refractivity contribution is 9.10. The number of rotatable bonds is 4. The van der Waals surface area contributed by atoms with Gasteiger partial charge in [0.25, 0.3) is 0 Å². The van der Waals surface area contributed by atoms with Crippen LogP contribution in [-0.4, -0.2) is 7.05 Å². The van der Waals surface area contributed by atoms with E-state index >= 15 is 0 Å². The fraction of sp³-hybridized carbons (Fsp3) is 0.200. The summed E-state index contributed by atoms with van der Waals surface area (Å²) in [6.07, 6.45) is 0.821. The Morgan fingerprint density at radius 2 is 1.68 bits per heavy atom. The second kappa shape index (κ2) is 6.76. The third-order valence-corrected chi connectivity index (χ3v) is 4.51. The molecule has 0 heterocycles. The van der Waals surface area contributed by atoms with E-state index in [1.807, 2.05) is 43.4 Å². The van der Waals surface area contributed by atoms with E-state index in [0.717, 1.165) is 16.5 Å². The summed E-state index contributed by atoms with van der Waals surface area (Å²) in [5, 5.41) is 4.67. The molecule has 19 heavy (non-hydrogen) atoms. The number of hydrogen-bond acceptors (Lipinski definition) is 1. The maximum Gasteiger partial charge on any atom is 0.0468 e. The normalized spacial score (nSPS) is 12.4. The standard InChI is InChI=1S/C15H14BrCl2N/c1-19-14(9-10-5-2-3-6-11(10)16)15-12(17)7-4-8-13(15)18/h2-8,14,19H,9H2,1H3. The van der Waals surface area contributed by atoms with Gasteiger partial charge in [-0.25, -0.2) is 0 Å². The first-order valence-electron chi connectivity index (χ1n) is 5.98. The van der Waals surface area contributed by atoms with Crippen LogP contribution in [0.3, 0.4) is 0 Å². The molecule has 0 amide bonds. The number of nitrogens with one attached hydrogen (secondary N) is 1. The van der Waals surface area contributed by atoms with Crippen molar-refractivity contribution >= 4 is 39.1 Å². The van der Waals surface area contributed by atoms with Crippen molar-refractivity contribution in [3.63, 3.8) is 0 Å². The molecule has 0 spiro atoms. The molecule has 0 aliphatic rings. The van der Waals surface area contributed by atoms with Crippen molar-refractivity contribution in [3.05, 3.63) is 68.1 Å². The molecule has 0 bridgehead atoms. The lowest BCUT2D eigenvalue weighted by molar-refractivity contribution is 0.591. The summed E-state index contributed by atoms with van der Waals surface area (Å²) in [7, 11) is 1.92. The van der Waals surface area contributed by atoms with Gasteiger partial charge < -0.3 is 5.32 Å². The van der Waals surface area contributed by atoms with E-state index in [-0.39, 0.29) is 6.04 Å². The minimum Gasteiger partial charge on any atom is -0.313 e. The zero-order valence-electron chi connectivity index (χ0n) is 10.5. The second-order valence-electron chi connectivity index (χ2n) is 4.27. The molecular formula is C15H14BrCl2N. The lowest BCUT2D eigenvalue weighted by Gasteiger charge is -2.20. The Kier molecular flexibility index (Phi) is 5.28. The van der Waals surface area contributed by atoms with Gasteiger partial charge >= 0.3 is 0 Å². The third kappa shape index (κ3) is 3.51. The molecule has 1 N–H and O–H groups in total. The lowest BCUT2D eigenvalue weighted by atomic mass is 9.99. The van der Waals surface area contributed by atoms with Gasteiger partial charge in [-0.05, 0) is 37.2 Å². The third-order valence-electron chi connectivity index (χ3n) is 3.08. The highest BCUT2D eigenvalue weighted by atomic mass is 79.9. The Labute approximate surface area is 132 Å². The van der Waals surface area contributed by atoms with Gasteiger partial charge in [0.1, 0.15) is 0 Å². The Morgan fingerprint density at radius 3 is 2.26 bits per heavy atom. The summed E-state index contributed by atoms with van der Waals surface area (Å²) in [6, 6.07) is 13.8. The van der Waals surface area contributed by atoms with Crippen molar-refractivity contribution in [2.24, 2.45) is 0 Å². The molecule has 0 saturated heterocycles. The molecule has 0 aliphatic heterocycles. The van der Waals surface area contributed by atoms with Gasteiger partial charge in [-0.15, -0.1) is 0 Å². The number of halogens is 3. The first kappa shape index (κ1) is 14.9. The molecule has 1 unspecified atom stereocenters. The average molecular weight is 359 g/mol. The molecule has 100 valence electrons. The van der Waals surface area contributed by atoms with Crippen molar-refractivity contribution in [1.82, 2.24) is 5.32 Å². The molecule has 2 aromatic rings. The Bertz CT molecular complexity index is 552. The highest BCUT2D eigenvalue weighted by Gasteiger charge is 2.17. The molecule has 0 saturated carbocycles. The Hall–Kier alpha value is -0.540. The van der Waals surface area contributed by atoms with Crippen LogP contribution in [0.5, 0.6) is 0 Å². The van der Waals surface area contributed by atoms with Gasteiger partial charge in [0.05, 0.1) is 0 Å². The molecular weight excluding hydrogens is 345 g/mol. The van der Waals surface area contributed by atoms with E-state index < -0.39 is 0 Å². The monoisotopic (exact) mass is 357 g/mol. The molecule has 2 rings (SSSR count). The van der Waals surface area contributed by atoms with Gasteiger partial charge in [-0.1, -0.05) is 63.4 Å². The van der Waals surface area contributed by atoms with Gasteiger partial charge in [0, 0.05) is 26.1 Å². The Balaban J connectivity index is 2.34. The zero-order chi connectivity index (χ0) is 13.8. The summed E-state index contributed by atoms with van der Waals surface area (Å²) in [4.78, 5) is 0. The van der Waals surface area contributed by atoms with Gasteiger partial charge in [0.15, 0.2) is 0 Å². The number of benzene rings is 2. The molecule has 0 aliphatic carbocycles. The van der Waals surface area contributed by atoms with Crippen molar-refractivity contribution < 1.29 is 0 Å². The van der Waals surface area contributed by atoms with Gasteiger partial charge in [-0.3, -0.25) is 0 Å². The van der Waals surface area contributed by atoms with E-state index in [1.165, 1.54) is 5.56 Å². The van der Waals surface area contributed by atoms with Crippen LogP contribution < -0.4 is 5.32 Å². The van der Waals surface area contributed by atoms with Crippen LogP contribution in [-0.2, 0) is 6.42 Å². The fourth-order valence-electron chi connectivity index (χ4n) is 2.08. The lowest BCUT2D eigenvalue weighted by Crippen LogP contribution is -2.19. The highest BCUT2D eigenvalue weighted by Crippen LogP contribution is 2.33. The van der Waals surface area contributed by atoms with E-state index in [1.54, 1.807) is 0 Å². The van der Waals surface area contributed by atoms with Crippen LogP contribution in [0.25, 0.3) is 0 Å². The maximum atomic E-state index is 6.27. The molecule has 4 heteroatoms. The van der Waals surface area contributed by atoms with Crippen molar-refractivity contribution in [2.75, 3.05) is 7.05 Å². The van der Waals surface area contributed by atoms with E-state index in [0.29, 0.717) is 10.0 Å². The molecule has 1 nitrogen and oxygen atoms in total. The summed E-state index contributed by atoms with van der Waals surface area (Å²) in [5.41, 5.74) is 2.17. The Morgan fingerprint density at radius 1 is 1.05 bits per heavy atom. The predicted octanol–water partition coefficient (Wildman–Crippen LogP) is 5.26. The molecule has 1 atom stereocenters. The van der Waals surface area contributed by atoms with E-state index in [4.69, 9.17) is 23.2 Å². The van der Waals surface area contributed by atoms with E-state index in [2.05, 4.69) is 27.3 Å². The molecule has 0 radical (unpaired) electrons. The maximum absolute atomic E-state index is 6.27. The van der Waals surface area contributed by atoms with Gasteiger partial charge in [0.2, 0.25) is 0 Å². The molecule has 0 aromatic heterocycles. The van der Waals surface area contributed by atoms with Crippen LogP contribution in [0.15, 0.2) is 46.9 Å². The zero-order valence-corrected chi connectivity index (χ0v) is 13.6. The predicted molar refractivity (Wildman–Crippen MR) is 86.1 cm³/mol. The minimum atomic E-state index is 0.0832. The SMILES string of the molecule is CNC(Cc1ccccc1Br)c1c(Cl)cccc1Cl.